The van der Waals surface area contributed by atoms with Crippen molar-refractivity contribution in [2.45, 2.75) is 19.3 Å². The predicted octanol–water partition coefficient (Wildman–Crippen LogP) is -2.44. The van der Waals surface area contributed by atoms with Gasteiger partial charge in [0.2, 0.25) is 0 Å². The van der Waals surface area contributed by atoms with Crippen molar-refractivity contribution in [1.29, 1.82) is 0 Å². The fourth-order valence-electron chi connectivity index (χ4n) is 2.41. The smallest absolute Gasteiger partial charge is 1.00 e. The van der Waals surface area contributed by atoms with Gasteiger partial charge in [-0.15, -0.1) is 0 Å². The number of carbonyl (C=O) groups is 2. The third-order valence-electron chi connectivity index (χ3n) is 3.61. The number of hydrogen-bond acceptors (Lipinski definition) is 2. The van der Waals surface area contributed by atoms with Gasteiger partial charge in [-0.1, -0.05) is 60.7 Å². The number of aryl methyl sites for hydroxylation is 1. The molecule has 0 amide bonds. The molecule has 2 aromatic rings. The van der Waals surface area contributed by atoms with Crippen LogP contribution in [0.2, 0.25) is 0 Å². The van der Waals surface area contributed by atoms with E-state index >= 15 is 0 Å². The van der Waals surface area contributed by atoms with Crippen LogP contribution in [0.4, 0.5) is 0 Å². The third-order valence-corrected chi connectivity index (χ3v) is 3.61. The molecule has 0 unspecified atom stereocenters. The summed E-state index contributed by atoms with van der Waals surface area (Å²) in [6.07, 6.45) is 0.786. The minimum absolute atomic E-state index is 0. The van der Waals surface area contributed by atoms with Crippen LogP contribution >= 0.6 is 0 Å². The van der Waals surface area contributed by atoms with Gasteiger partial charge in [-0.05, 0) is 24.0 Å². The van der Waals surface area contributed by atoms with Gasteiger partial charge in [-0.3, -0.25) is 0 Å². The molecule has 0 aliphatic heterocycles. The maximum absolute atomic E-state index is 11.5. The van der Waals surface area contributed by atoms with Crippen LogP contribution < -0.4 is 59.1 Å². The molecule has 122 valence electrons. The van der Waals surface area contributed by atoms with E-state index in [1.165, 1.54) is 0 Å². The standard InChI is InChI=1S/C19H18O4.2Na.2H/c20-18(21)16(12-11-14-7-3-1-4-8-14)17(19(22)23)13-15-9-5-2-6-10-15;;;;/h1-10H,11-13H2,(H,20,21)(H,22,23);;;;/q;2*+1;2*-1/b17-16-;;;;. The monoisotopic (exact) mass is 358 g/mol. The Morgan fingerprint density at radius 3 is 1.60 bits per heavy atom. The van der Waals surface area contributed by atoms with Crippen LogP contribution in [0.3, 0.4) is 0 Å². The summed E-state index contributed by atoms with van der Waals surface area (Å²) < 4.78 is 0. The first-order chi connectivity index (χ1) is 11.1. The minimum atomic E-state index is -1.18. The molecular weight excluding hydrogens is 338 g/mol. The van der Waals surface area contributed by atoms with Crippen LogP contribution in [-0.2, 0) is 22.4 Å². The first kappa shape index (κ1) is 24.1. The van der Waals surface area contributed by atoms with Gasteiger partial charge in [0.05, 0.1) is 5.57 Å². The summed E-state index contributed by atoms with van der Waals surface area (Å²) in [5.41, 5.74) is 1.67. The van der Waals surface area contributed by atoms with Crippen LogP contribution in [0.5, 0.6) is 0 Å². The zero-order chi connectivity index (χ0) is 16.7. The Morgan fingerprint density at radius 2 is 1.16 bits per heavy atom. The zero-order valence-electron chi connectivity index (χ0n) is 16.6. The third kappa shape index (κ3) is 7.90. The largest absolute Gasteiger partial charge is 1.00 e. The second-order valence-electron chi connectivity index (χ2n) is 5.22. The summed E-state index contributed by atoms with van der Waals surface area (Å²) in [5.74, 6) is -2.35. The van der Waals surface area contributed by atoms with Crippen LogP contribution in [0.25, 0.3) is 0 Å². The number of carboxylic acids is 2. The quantitative estimate of drug-likeness (QED) is 0.426. The molecule has 0 bridgehead atoms. The molecule has 4 nitrogen and oxygen atoms in total. The normalized spacial score (nSPS) is 10.7. The SMILES string of the molecule is O=C(O)/C(CCc1ccccc1)=C(/Cc1ccccc1)C(=O)O.[H-].[H-].[Na+].[Na+]. The average molecular weight is 358 g/mol. The molecule has 6 heteroatoms. The van der Waals surface area contributed by atoms with E-state index in [9.17, 15) is 19.8 Å². The van der Waals surface area contributed by atoms with E-state index in [1.54, 1.807) is 24.3 Å². The Bertz CT molecular complexity index is 723. The van der Waals surface area contributed by atoms with Crippen molar-refractivity contribution in [3.8, 4) is 0 Å². The molecule has 2 N–H and O–H groups in total. The van der Waals surface area contributed by atoms with Gasteiger partial charge >= 0.3 is 71.1 Å². The summed E-state index contributed by atoms with van der Waals surface area (Å²) in [4.78, 5) is 23.1. The molecule has 0 aliphatic rings. The number of hydrogen-bond donors (Lipinski definition) is 2. The van der Waals surface area contributed by atoms with Gasteiger partial charge in [0.15, 0.2) is 0 Å². The molecule has 0 fully saturated rings. The minimum Gasteiger partial charge on any atom is -1.00 e. The van der Waals surface area contributed by atoms with Crippen molar-refractivity contribution >= 4 is 11.9 Å². The van der Waals surface area contributed by atoms with E-state index < -0.39 is 11.9 Å². The van der Waals surface area contributed by atoms with Crippen molar-refractivity contribution < 1.29 is 81.8 Å². The average Bonchev–Trinajstić information content (AvgIpc) is 2.55. The molecular formula is C19H20Na2O4. The van der Waals surface area contributed by atoms with Gasteiger partial charge in [-0.2, -0.15) is 0 Å². The molecule has 0 spiro atoms. The summed E-state index contributed by atoms with van der Waals surface area (Å²) in [5, 5.41) is 18.9. The number of rotatable bonds is 7. The Morgan fingerprint density at radius 1 is 0.720 bits per heavy atom. The molecule has 0 heterocycles. The topological polar surface area (TPSA) is 74.6 Å². The van der Waals surface area contributed by atoms with Gasteiger partial charge in [0.1, 0.15) is 0 Å². The van der Waals surface area contributed by atoms with E-state index in [0.29, 0.717) is 6.42 Å². The molecule has 0 atom stereocenters. The predicted molar refractivity (Wildman–Crippen MR) is 89.4 cm³/mol. The first-order valence-corrected chi connectivity index (χ1v) is 7.34. The van der Waals surface area contributed by atoms with Crippen LogP contribution in [0.1, 0.15) is 20.4 Å². The fraction of sp³-hybridized carbons (Fsp3) is 0.158. The zero-order valence-corrected chi connectivity index (χ0v) is 18.6. The summed E-state index contributed by atoms with van der Waals surface area (Å²) in [7, 11) is 0. The van der Waals surface area contributed by atoms with Crippen LogP contribution in [0.15, 0.2) is 71.8 Å². The second kappa shape index (κ2) is 12.5. The number of carboxylic acid groups (broad SMARTS) is 2. The Labute approximate surface area is 194 Å². The van der Waals surface area contributed by atoms with Crippen molar-refractivity contribution in [3.63, 3.8) is 0 Å². The Hall–Kier alpha value is -0.880. The molecule has 0 aromatic heterocycles. The van der Waals surface area contributed by atoms with E-state index in [1.807, 2.05) is 36.4 Å². The van der Waals surface area contributed by atoms with Crippen molar-refractivity contribution in [1.82, 2.24) is 0 Å². The molecule has 0 radical (unpaired) electrons. The molecule has 0 aliphatic carbocycles. The van der Waals surface area contributed by atoms with Gasteiger partial charge in [-0.25, -0.2) is 9.59 Å². The van der Waals surface area contributed by atoms with Crippen molar-refractivity contribution in [3.05, 3.63) is 82.9 Å². The van der Waals surface area contributed by atoms with Crippen molar-refractivity contribution in [2.24, 2.45) is 0 Å². The van der Waals surface area contributed by atoms with Gasteiger partial charge in [0, 0.05) is 12.0 Å². The molecule has 2 aromatic carbocycles. The Balaban J connectivity index is -0.00000144. The van der Waals surface area contributed by atoms with E-state index in [2.05, 4.69) is 0 Å². The van der Waals surface area contributed by atoms with Gasteiger partial charge in [0.25, 0.3) is 0 Å². The van der Waals surface area contributed by atoms with Crippen LogP contribution in [-0.4, -0.2) is 22.2 Å². The number of benzene rings is 2. The van der Waals surface area contributed by atoms with E-state index in [4.69, 9.17) is 0 Å². The maximum Gasteiger partial charge on any atom is 1.00 e. The van der Waals surface area contributed by atoms with Gasteiger partial charge < -0.3 is 13.1 Å². The number of aliphatic carboxylic acids is 2. The molecule has 0 saturated carbocycles. The second-order valence-corrected chi connectivity index (χ2v) is 5.22. The summed E-state index contributed by atoms with van der Waals surface area (Å²) >= 11 is 0. The molecule has 2 rings (SSSR count). The fourth-order valence-corrected chi connectivity index (χ4v) is 2.41. The van der Waals surface area contributed by atoms with E-state index in [-0.39, 0.29) is 86.0 Å². The summed E-state index contributed by atoms with van der Waals surface area (Å²) in [6, 6.07) is 18.5. The Kier molecular flexibility index (Phi) is 12.0. The summed E-state index contributed by atoms with van der Waals surface area (Å²) in [6.45, 7) is 0. The maximum atomic E-state index is 11.5. The van der Waals surface area contributed by atoms with Crippen LogP contribution in [0, 0.1) is 0 Å². The van der Waals surface area contributed by atoms with Crippen molar-refractivity contribution in [2.75, 3.05) is 0 Å². The molecule has 25 heavy (non-hydrogen) atoms. The van der Waals surface area contributed by atoms with E-state index in [0.717, 1.165) is 11.1 Å². The molecule has 0 saturated heterocycles. The first-order valence-electron chi connectivity index (χ1n) is 7.34.